The van der Waals surface area contributed by atoms with Crippen molar-refractivity contribution in [1.29, 1.82) is 0 Å². The molecule has 88 valence electrons. The standard InChI is InChI=1S/C13H24O2/c1-4-6-8-10-12(9-7-5-2)11-13(14)15-3/h11H,4-10H2,1-3H3. The summed E-state index contributed by atoms with van der Waals surface area (Å²) in [4.78, 5) is 11.1. The summed E-state index contributed by atoms with van der Waals surface area (Å²) in [5.41, 5.74) is 1.25. The van der Waals surface area contributed by atoms with Gasteiger partial charge in [0.25, 0.3) is 0 Å². The van der Waals surface area contributed by atoms with E-state index in [9.17, 15) is 4.79 Å². The van der Waals surface area contributed by atoms with Crippen LogP contribution in [0.3, 0.4) is 0 Å². The summed E-state index contributed by atoms with van der Waals surface area (Å²) >= 11 is 0. The number of allylic oxidation sites excluding steroid dienone is 1. The van der Waals surface area contributed by atoms with E-state index in [-0.39, 0.29) is 5.97 Å². The first-order chi connectivity index (χ1) is 7.24. The van der Waals surface area contributed by atoms with E-state index in [2.05, 4.69) is 18.6 Å². The van der Waals surface area contributed by atoms with Gasteiger partial charge in [0.15, 0.2) is 0 Å². The number of carbonyl (C=O) groups excluding carboxylic acids is 1. The van der Waals surface area contributed by atoms with Gasteiger partial charge in [0.2, 0.25) is 0 Å². The second-order valence-corrected chi connectivity index (χ2v) is 3.89. The minimum atomic E-state index is -0.211. The number of hydrogen-bond donors (Lipinski definition) is 0. The highest BCUT2D eigenvalue weighted by Crippen LogP contribution is 2.15. The molecule has 0 amide bonds. The average Bonchev–Trinajstić information content (AvgIpc) is 2.25. The van der Waals surface area contributed by atoms with Crippen molar-refractivity contribution < 1.29 is 9.53 Å². The average molecular weight is 212 g/mol. The lowest BCUT2D eigenvalue weighted by atomic mass is 10.0. The summed E-state index contributed by atoms with van der Waals surface area (Å²) in [5, 5.41) is 0. The molecular formula is C13H24O2. The van der Waals surface area contributed by atoms with Crippen LogP contribution in [-0.4, -0.2) is 13.1 Å². The molecule has 0 heterocycles. The summed E-state index contributed by atoms with van der Waals surface area (Å²) < 4.78 is 4.65. The predicted molar refractivity (Wildman–Crippen MR) is 63.8 cm³/mol. The molecule has 0 saturated heterocycles. The number of ether oxygens (including phenoxy) is 1. The Hall–Kier alpha value is -0.790. The van der Waals surface area contributed by atoms with Crippen LogP contribution in [0, 0.1) is 0 Å². The van der Waals surface area contributed by atoms with Crippen molar-refractivity contribution in [3.63, 3.8) is 0 Å². The topological polar surface area (TPSA) is 26.3 Å². The summed E-state index contributed by atoms with van der Waals surface area (Å²) in [6, 6.07) is 0. The van der Waals surface area contributed by atoms with Crippen LogP contribution in [0.25, 0.3) is 0 Å². The summed E-state index contributed by atoms with van der Waals surface area (Å²) in [5.74, 6) is -0.211. The molecule has 0 aromatic carbocycles. The minimum absolute atomic E-state index is 0.211. The lowest BCUT2D eigenvalue weighted by molar-refractivity contribution is -0.134. The third-order valence-corrected chi connectivity index (χ3v) is 2.48. The Morgan fingerprint density at radius 2 is 1.67 bits per heavy atom. The maximum absolute atomic E-state index is 11.1. The van der Waals surface area contributed by atoms with Gasteiger partial charge in [0.1, 0.15) is 0 Å². The number of carbonyl (C=O) groups is 1. The van der Waals surface area contributed by atoms with E-state index in [0.29, 0.717) is 0 Å². The quantitative estimate of drug-likeness (QED) is 0.347. The van der Waals surface area contributed by atoms with Gasteiger partial charge >= 0.3 is 5.97 Å². The van der Waals surface area contributed by atoms with Gasteiger partial charge in [-0.3, -0.25) is 0 Å². The van der Waals surface area contributed by atoms with Gasteiger partial charge in [0, 0.05) is 6.08 Å². The van der Waals surface area contributed by atoms with Crippen molar-refractivity contribution in [2.45, 2.75) is 58.8 Å². The smallest absolute Gasteiger partial charge is 0.330 e. The van der Waals surface area contributed by atoms with E-state index in [1.807, 2.05) is 0 Å². The molecule has 0 radical (unpaired) electrons. The molecule has 0 rings (SSSR count). The number of methoxy groups -OCH3 is 1. The first-order valence-electron chi connectivity index (χ1n) is 6.02. The second kappa shape index (κ2) is 9.75. The molecule has 0 N–H and O–H groups in total. The van der Waals surface area contributed by atoms with Gasteiger partial charge in [-0.05, 0) is 25.7 Å². The Morgan fingerprint density at radius 1 is 1.07 bits per heavy atom. The number of hydrogen-bond acceptors (Lipinski definition) is 2. The van der Waals surface area contributed by atoms with E-state index in [1.54, 1.807) is 6.08 Å². The fourth-order valence-corrected chi connectivity index (χ4v) is 1.50. The van der Waals surface area contributed by atoms with Crippen molar-refractivity contribution in [2.24, 2.45) is 0 Å². The Morgan fingerprint density at radius 3 is 2.20 bits per heavy atom. The molecule has 0 fully saturated rings. The summed E-state index contributed by atoms with van der Waals surface area (Å²) in [6.07, 6.45) is 9.73. The van der Waals surface area contributed by atoms with Crippen LogP contribution in [0.1, 0.15) is 58.8 Å². The van der Waals surface area contributed by atoms with E-state index < -0.39 is 0 Å². The Bertz CT molecular complexity index is 195. The molecule has 0 aliphatic heterocycles. The lowest BCUT2D eigenvalue weighted by Gasteiger charge is -2.06. The molecule has 0 spiro atoms. The molecule has 0 aromatic rings. The van der Waals surface area contributed by atoms with Crippen molar-refractivity contribution >= 4 is 5.97 Å². The largest absolute Gasteiger partial charge is 0.466 e. The van der Waals surface area contributed by atoms with Gasteiger partial charge in [-0.15, -0.1) is 0 Å². The van der Waals surface area contributed by atoms with Gasteiger partial charge in [-0.1, -0.05) is 38.7 Å². The zero-order valence-electron chi connectivity index (χ0n) is 10.3. The summed E-state index contributed by atoms with van der Waals surface area (Å²) in [6.45, 7) is 4.36. The number of rotatable bonds is 8. The fourth-order valence-electron chi connectivity index (χ4n) is 1.50. The van der Waals surface area contributed by atoms with Crippen LogP contribution in [0.2, 0.25) is 0 Å². The fraction of sp³-hybridized carbons (Fsp3) is 0.769. The molecule has 2 heteroatoms. The van der Waals surface area contributed by atoms with Crippen molar-refractivity contribution in [3.05, 3.63) is 11.6 Å². The Kier molecular flexibility index (Phi) is 9.24. The highest BCUT2D eigenvalue weighted by molar-refractivity contribution is 5.82. The van der Waals surface area contributed by atoms with Crippen molar-refractivity contribution in [3.8, 4) is 0 Å². The molecule has 0 aliphatic rings. The molecule has 2 nitrogen and oxygen atoms in total. The Labute approximate surface area is 93.7 Å². The molecule has 15 heavy (non-hydrogen) atoms. The van der Waals surface area contributed by atoms with Gasteiger partial charge in [-0.2, -0.15) is 0 Å². The maximum Gasteiger partial charge on any atom is 0.330 e. The van der Waals surface area contributed by atoms with E-state index in [4.69, 9.17) is 0 Å². The monoisotopic (exact) mass is 212 g/mol. The molecule has 0 unspecified atom stereocenters. The normalized spacial score (nSPS) is 11.5. The van der Waals surface area contributed by atoms with Crippen LogP contribution in [0.15, 0.2) is 11.6 Å². The minimum Gasteiger partial charge on any atom is -0.466 e. The highest BCUT2D eigenvalue weighted by Gasteiger charge is 2.01. The van der Waals surface area contributed by atoms with Gasteiger partial charge in [-0.25, -0.2) is 4.79 Å². The van der Waals surface area contributed by atoms with Gasteiger partial charge < -0.3 is 4.74 Å². The summed E-state index contributed by atoms with van der Waals surface area (Å²) in [7, 11) is 1.43. The second-order valence-electron chi connectivity index (χ2n) is 3.89. The molecule has 0 aliphatic carbocycles. The molecule has 0 atom stereocenters. The molecular weight excluding hydrogens is 188 g/mol. The lowest BCUT2D eigenvalue weighted by Crippen LogP contribution is -1.98. The van der Waals surface area contributed by atoms with Crippen LogP contribution in [0.5, 0.6) is 0 Å². The van der Waals surface area contributed by atoms with Gasteiger partial charge in [0.05, 0.1) is 7.11 Å². The maximum atomic E-state index is 11.1. The van der Waals surface area contributed by atoms with E-state index >= 15 is 0 Å². The molecule has 0 aromatic heterocycles. The van der Waals surface area contributed by atoms with E-state index in [1.165, 1.54) is 38.4 Å². The van der Waals surface area contributed by atoms with Crippen molar-refractivity contribution in [1.82, 2.24) is 0 Å². The number of unbranched alkanes of at least 4 members (excludes halogenated alkanes) is 3. The third-order valence-electron chi connectivity index (χ3n) is 2.48. The first-order valence-corrected chi connectivity index (χ1v) is 6.02. The van der Waals surface area contributed by atoms with Crippen LogP contribution in [0.4, 0.5) is 0 Å². The Balaban J connectivity index is 4.04. The third kappa shape index (κ3) is 8.22. The van der Waals surface area contributed by atoms with Crippen LogP contribution >= 0.6 is 0 Å². The zero-order valence-corrected chi connectivity index (χ0v) is 10.3. The number of esters is 1. The highest BCUT2D eigenvalue weighted by atomic mass is 16.5. The van der Waals surface area contributed by atoms with Crippen molar-refractivity contribution in [2.75, 3.05) is 7.11 Å². The molecule has 0 saturated carbocycles. The van der Waals surface area contributed by atoms with Crippen LogP contribution < -0.4 is 0 Å². The van der Waals surface area contributed by atoms with E-state index in [0.717, 1.165) is 19.3 Å². The molecule has 0 bridgehead atoms. The SMILES string of the molecule is CCCCCC(=CC(=O)OC)CCCC. The zero-order chi connectivity index (χ0) is 11.5. The first kappa shape index (κ1) is 14.2. The predicted octanol–water partition coefficient (Wildman–Crippen LogP) is 3.86. The van der Waals surface area contributed by atoms with Crippen LogP contribution in [-0.2, 0) is 9.53 Å².